The standard InChI is InChI=1S/C29H33BrN2O2S/c1-3-22(2)31-29(34)27(18-23-10-6-4-7-11-23)32(19-24-14-16-26(30)17-15-24)28(33)21-35-20-25-12-8-5-9-13-25/h4-17,22,27H,3,18-21H2,1-2H3,(H,31,34)/t22-,27-/m0/s1. The van der Waals surface area contributed by atoms with Crippen LogP contribution < -0.4 is 5.32 Å². The Labute approximate surface area is 221 Å². The van der Waals surface area contributed by atoms with Crippen molar-refractivity contribution in [1.29, 1.82) is 0 Å². The quantitative estimate of drug-likeness (QED) is 0.289. The number of hydrogen-bond donors (Lipinski definition) is 1. The lowest BCUT2D eigenvalue weighted by Crippen LogP contribution is -2.52. The second-order valence-corrected chi connectivity index (χ2v) is 10.6. The van der Waals surface area contributed by atoms with E-state index in [9.17, 15) is 9.59 Å². The summed E-state index contributed by atoms with van der Waals surface area (Å²) in [7, 11) is 0. The van der Waals surface area contributed by atoms with Crippen LogP contribution in [-0.2, 0) is 28.3 Å². The minimum Gasteiger partial charge on any atom is -0.352 e. The Balaban J connectivity index is 1.85. The minimum absolute atomic E-state index is 0.0333. The number of amides is 2. The molecule has 1 N–H and O–H groups in total. The number of carbonyl (C=O) groups is 2. The smallest absolute Gasteiger partial charge is 0.243 e. The number of rotatable bonds is 12. The molecule has 2 atom stereocenters. The molecular formula is C29H33BrN2O2S. The van der Waals surface area contributed by atoms with Crippen molar-refractivity contribution < 1.29 is 9.59 Å². The Kier molecular flexibility index (Phi) is 10.9. The third-order valence-electron chi connectivity index (χ3n) is 5.88. The molecule has 3 rings (SSSR count). The summed E-state index contributed by atoms with van der Waals surface area (Å²) in [6.07, 6.45) is 1.30. The molecule has 0 heterocycles. The highest BCUT2D eigenvalue weighted by atomic mass is 79.9. The van der Waals surface area contributed by atoms with E-state index in [4.69, 9.17) is 0 Å². The van der Waals surface area contributed by atoms with Gasteiger partial charge in [0.15, 0.2) is 0 Å². The molecule has 0 saturated carbocycles. The van der Waals surface area contributed by atoms with Gasteiger partial charge in [0.2, 0.25) is 11.8 Å². The Morgan fingerprint density at radius 2 is 1.49 bits per heavy atom. The zero-order valence-corrected chi connectivity index (χ0v) is 22.7. The van der Waals surface area contributed by atoms with Gasteiger partial charge in [-0.25, -0.2) is 0 Å². The number of hydrogen-bond acceptors (Lipinski definition) is 3. The summed E-state index contributed by atoms with van der Waals surface area (Å²) in [5.74, 6) is 0.921. The van der Waals surface area contributed by atoms with Crippen LogP contribution in [0.3, 0.4) is 0 Å². The van der Waals surface area contributed by atoms with Crippen molar-refractivity contribution in [2.24, 2.45) is 0 Å². The molecule has 0 radical (unpaired) electrons. The fourth-order valence-corrected chi connectivity index (χ4v) is 4.83. The van der Waals surface area contributed by atoms with E-state index in [1.807, 2.05) is 86.6 Å². The number of nitrogens with zero attached hydrogens (tertiary/aromatic N) is 1. The van der Waals surface area contributed by atoms with Gasteiger partial charge >= 0.3 is 0 Å². The van der Waals surface area contributed by atoms with Crippen LogP contribution in [-0.4, -0.2) is 34.6 Å². The van der Waals surface area contributed by atoms with Crippen LogP contribution in [0.15, 0.2) is 89.4 Å². The van der Waals surface area contributed by atoms with E-state index in [-0.39, 0.29) is 17.9 Å². The van der Waals surface area contributed by atoms with Gasteiger partial charge in [0.25, 0.3) is 0 Å². The van der Waals surface area contributed by atoms with Gasteiger partial charge in [0.1, 0.15) is 6.04 Å². The molecule has 0 bridgehead atoms. The second-order valence-electron chi connectivity index (χ2n) is 8.65. The molecule has 0 aliphatic rings. The summed E-state index contributed by atoms with van der Waals surface area (Å²) in [6.45, 7) is 4.42. The molecule has 3 aromatic rings. The van der Waals surface area contributed by atoms with Gasteiger partial charge < -0.3 is 10.2 Å². The van der Waals surface area contributed by atoms with E-state index in [0.29, 0.717) is 18.7 Å². The van der Waals surface area contributed by atoms with Gasteiger partial charge in [-0.15, -0.1) is 11.8 Å². The van der Waals surface area contributed by atoms with Gasteiger partial charge in [-0.05, 0) is 42.2 Å². The van der Waals surface area contributed by atoms with E-state index in [1.165, 1.54) is 5.56 Å². The molecule has 0 aliphatic carbocycles. The van der Waals surface area contributed by atoms with Crippen LogP contribution in [0.25, 0.3) is 0 Å². The van der Waals surface area contributed by atoms with Crippen molar-refractivity contribution >= 4 is 39.5 Å². The first-order valence-corrected chi connectivity index (χ1v) is 13.9. The third kappa shape index (κ3) is 8.86. The van der Waals surface area contributed by atoms with Crippen molar-refractivity contribution in [2.75, 3.05) is 5.75 Å². The van der Waals surface area contributed by atoms with Gasteiger partial charge in [-0.1, -0.05) is 95.7 Å². The Hall–Kier alpha value is -2.57. The number of thioether (sulfide) groups is 1. The fraction of sp³-hybridized carbons (Fsp3) is 0.310. The number of nitrogens with one attached hydrogen (secondary N) is 1. The molecule has 3 aromatic carbocycles. The molecule has 35 heavy (non-hydrogen) atoms. The van der Waals surface area contributed by atoms with E-state index in [0.717, 1.165) is 27.8 Å². The van der Waals surface area contributed by atoms with Crippen LogP contribution in [0.5, 0.6) is 0 Å². The van der Waals surface area contributed by atoms with E-state index < -0.39 is 6.04 Å². The van der Waals surface area contributed by atoms with Gasteiger partial charge in [0.05, 0.1) is 5.75 Å². The molecule has 0 spiro atoms. The summed E-state index contributed by atoms with van der Waals surface area (Å²) in [4.78, 5) is 28.9. The summed E-state index contributed by atoms with van der Waals surface area (Å²) in [5.41, 5.74) is 3.20. The number of halogens is 1. The molecule has 4 nitrogen and oxygen atoms in total. The predicted molar refractivity (Wildman–Crippen MR) is 149 cm³/mol. The van der Waals surface area contributed by atoms with Crippen LogP contribution in [0.1, 0.15) is 37.0 Å². The van der Waals surface area contributed by atoms with Crippen molar-refractivity contribution in [3.8, 4) is 0 Å². The molecule has 0 aromatic heterocycles. The van der Waals surface area contributed by atoms with Crippen molar-refractivity contribution in [1.82, 2.24) is 10.2 Å². The molecular weight excluding hydrogens is 520 g/mol. The predicted octanol–water partition coefficient (Wildman–Crippen LogP) is 6.24. The normalized spacial score (nSPS) is 12.5. The topological polar surface area (TPSA) is 49.4 Å². The van der Waals surface area contributed by atoms with Crippen molar-refractivity contribution in [3.63, 3.8) is 0 Å². The zero-order valence-electron chi connectivity index (χ0n) is 20.3. The van der Waals surface area contributed by atoms with Gasteiger partial charge in [0, 0.05) is 29.2 Å². The van der Waals surface area contributed by atoms with Crippen LogP contribution in [0.2, 0.25) is 0 Å². The van der Waals surface area contributed by atoms with Crippen LogP contribution in [0, 0.1) is 0 Å². The lowest BCUT2D eigenvalue weighted by atomic mass is 10.0. The average molecular weight is 554 g/mol. The maximum absolute atomic E-state index is 13.6. The number of carbonyl (C=O) groups excluding carboxylic acids is 2. The second kappa shape index (κ2) is 14.1. The van der Waals surface area contributed by atoms with E-state index >= 15 is 0 Å². The molecule has 0 saturated heterocycles. The lowest BCUT2D eigenvalue weighted by molar-refractivity contribution is -0.139. The SMILES string of the molecule is CC[C@H](C)NC(=O)[C@H](Cc1ccccc1)N(Cc1ccc(Br)cc1)C(=O)CSCc1ccccc1. The average Bonchev–Trinajstić information content (AvgIpc) is 2.88. The van der Waals surface area contributed by atoms with Crippen molar-refractivity contribution in [2.45, 2.75) is 51.1 Å². The van der Waals surface area contributed by atoms with Crippen LogP contribution in [0.4, 0.5) is 0 Å². The summed E-state index contributed by atoms with van der Waals surface area (Å²) in [5, 5.41) is 3.11. The third-order valence-corrected chi connectivity index (χ3v) is 7.39. The summed E-state index contributed by atoms with van der Waals surface area (Å²) >= 11 is 5.06. The molecule has 0 fully saturated rings. The summed E-state index contributed by atoms with van der Waals surface area (Å²) < 4.78 is 0.980. The zero-order chi connectivity index (χ0) is 25.0. The Bertz CT molecular complexity index is 1060. The fourth-order valence-electron chi connectivity index (χ4n) is 3.69. The molecule has 0 unspecified atom stereocenters. The Morgan fingerprint density at radius 3 is 2.09 bits per heavy atom. The van der Waals surface area contributed by atoms with E-state index in [2.05, 4.69) is 33.4 Å². The number of benzene rings is 3. The highest BCUT2D eigenvalue weighted by Gasteiger charge is 2.30. The van der Waals surface area contributed by atoms with Crippen molar-refractivity contribution in [3.05, 3.63) is 106 Å². The first kappa shape index (κ1) is 27.0. The largest absolute Gasteiger partial charge is 0.352 e. The van der Waals surface area contributed by atoms with Crippen LogP contribution >= 0.6 is 27.7 Å². The highest BCUT2D eigenvalue weighted by molar-refractivity contribution is 9.10. The first-order chi connectivity index (χ1) is 17.0. The molecule has 184 valence electrons. The molecule has 0 aliphatic heterocycles. The van der Waals surface area contributed by atoms with E-state index in [1.54, 1.807) is 16.7 Å². The highest BCUT2D eigenvalue weighted by Crippen LogP contribution is 2.20. The molecule has 6 heteroatoms. The first-order valence-electron chi connectivity index (χ1n) is 12.0. The molecule has 2 amide bonds. The lowest BCUT2D eigenvalue weighted by Gasteiger charge is -2.32. The maximum atomic E-state index is 13.6. The van der Waals surface area contributed by atoms with Gasteiger partial charge in [-0.2, -0.15) is 0 Å². The summed E-state index contributed by atoms with van der Waals surface area (Å²) in [6, 6.07) is 27.4. The minimum atomic E-state index is -0.597. The Morgan fingerprint density at radius 1 is 0.886 bits per heavy atom. The monoisotopic (exact) mass is 552 g/mol. The maximum Gasteiger partial charge on any atom is 0.243 e. The van der Waals surface area contributed by atoms with Gasteiger partial charge in [-0.3, -0.25) is 9.59 Å².